The molecule has 1 N–H and O–H groups in total. The lowest BCUT2D eigenvalue weighted by atomic mass is 10.1. The topological polar surface area (TPSA) is 64.0 Å². The van der Waals surface area contributed by atoms with Crippen LogP contribution in [0.3, 0.4) is 0 Å². The summed E-state index contributed by atoms with van der Waals surface area (Å²) in [6, 6.07) is 13.2. The maximum Gasteiger partial charge on any atom is 0.267 e. The summed E-state index contributed by atoms with van der Waals surface area (Å²) in [5.74, 6) is -0.140. The molecule has 0 unspecified atom stereocenters. The van der Waals surface area contributed by atoms with Gasteiger partial charge in [-0.05, 0) is 61.2 Å². The van der Waals surface area contributed by atoms with E-state index in [0.717, 1.165) is 39.8 Å². The van der Waals surface area contributed by atoms with E-state index < -0.39 is 0 Å². The molecule has 1 amide bonds. The van der Waals surface area contributed by atoms with E-state index in [1.165, 1.54) is 22.2 Å². The highest BCUT2D eigenvalue weighted by Crippen LogP contribution is 2.31. The molecule has 0 saturated carbocycles. The largest absolute Gasteiger partial charge is 0.324 e. The standard InChI is InChI=1S/C26H25BrClN3O2S2/c1-4-6-21-15(3)23-24(35-21)30-26(31(25(23)33)18-10-7-16(5-2)8-11-18)34-14-22(32)29-20-12-9-17(27)13-19(20)28/h7-13H,4-6,14H2,1-3H3,(H,29,32). The number of aromatic nitrogens is 2. The van der Waals surface area contributed by atoms with Gasteiger partial charge >= 0.3 is 0 Å². The monoisotopic (exact) mass is 589 g/mol. The number of hydrogen-bond acceptors (Lipinski definition) is 5. The van der Waals surface area contributed by atoms with Crippen LogP contribution in [0.15, 0.2) is 56.9 Å². The van der Waals surface area contributed by atoms with E-state index in [0.29, 0.717) is 21.3 Å². The van der Waals surface area contributed by atoms with E-state index >= 15 is 0 Å². The maximum atomic E-state index is 13.7. The van der Waals surface area contributed by atoms with Gasteiger partial charge in [-0.3, -0.25) is 14.2 Å². The molecular formula is C26H25BrClN3O2S2. The van der Waals surface area contributed by atoms with Crippen molar-refractivity contribution >= 4 is 72.4 Å². The number of halogens is 2. The van der Waals surface area contributed by atoms with Crippen molar-refractivity contribution in [1.82, 2.24) is 9.55 Å². The molecule has 0 saturated heterocycles. The molecule has 0 radical (unpaired) electrons. The summed E-state index contributed by atoms with van der Waals surface area (Å²) in [6.45, 7) is 6.22. The Kier molecular flexibility index (Phi) is 8.37. The Morgan fingerprint density at radius 2 is 1.94 bits per heavy atom. The zero-order chi connectivity index (χ0) is 25.1. The van der Waals surface area contributed by atoms with Crippen molar-refractivity contribution in [3.8, 4) is 5.69 Å². The number of anilines is 1. The first kappa shape index (κ1) is 25.9. The molecule has 2 aromatic heterocycles. The second-order valence-electron chi connectivity index (χ2n) is 8.10. The van der Waals surface area contributed by atoms with Gasteiger partial charge in [0.25, 0.3) is 5.56 Å². The average molecular weight is 591 g/mol. The quantitative estimate of drug-likeness (QED) is 0.171. The molecule has 0 atom stereocenters. The lowest BCUT2D eigenvalue weighted by Gasteiger charge is -2.13. The summed E-state index contributed by atoms with van der Waals surface area (Å²) in [6.07, 6.45) is 2.83. The van der Waals surface area contributed by atoms with Crippen LogP contribution >= 0.6 is 50.6 Å². The molecule has 0 aliphatic rings. The van der Waals surface area contributed by atoms with E-state index in [2.05, 4.69) is 35.1 Å². The van der Waals surface area contributed by atoms with E-state index in [-0.39, 0.29) is 17.2 Å². The van der Waals surface area contributed by atoms with E-state index in [1.807, 2.05) is 37.3 Å². The third-order valence-electron chi connectivity index (χ3n) is 5.65. The first-order valence-corrected chi connectivity index (χ1v) is 14.3. The average Bonchev–Trinajstić information content (AvgIpc) is 3.15. The van der Waals surface area contributed by atoms with Crippen LogP contribution in [-0.4, -0.2) is 21.2 Å². The third kappa shape index (κ3) is 5.66. The Hall–Kier alpha value is -2.13. The highest BCUT2D eigenvalue weighted by atomic mass is 79.9. The fraction of sp³-hybridized carbons (Fsp3) is 0.269. The maximum absolute atomic E-state index is 13.7. The smallest absolute Gasteiger partial charge is 0.267 e. The Morgan fingerprint density at radius 1 is 1.20 bits per heavy atom. The van der Waals surface area contributed by atoms with Gasteiger partial charge in [-0.25, -0.2) is 4.98 Å². The van der Waals surface area contributed by atoms with Gasteiger partial charge in [0.2, 0.25) is 5.91 Å². The first-order valence-electron chi connectivity index (χ1n) is 11.3. The highest BCUT2D eigenvalue weighted by molar-refractivity contribution is 9.10. The van der Waals surface area contributed by atoms with Gasteiger partial charge in [-0.2, -0.15) is 0 Å². The van der Waals surface area contributed by atoms with Gasteiger partial charge < -0.3 is 5.32 Å². The number of carbonyl (C=O) groups excluding carboxylic acids is 1. The first-order chi connectivity index (χ1) is 16.8. The summed E-state index contributed by atoms with van der Waals surface area (Å²) in [4.78, 5) is 33.2. The molecule has 5 nitrogen and oxygen atoms in total. The number of thioether (sulfide) groups is 1. The number of nitrogens with one attached hydrogen (secondary N) is 1. The summed E-state index contributed by atoms with van der Waals surface area (Å²) in [5.41, 5.74) is 3.36. The number of thiophene rings is 1. The summed E-state index contributed by atoms with van der Waals surface area (Å²) in [7, 11) is 0. The molecule has 2 aromatic carbocycles. The second kappa shape index (κ2) is 11.3. The highest BCUT2D eigenvalue weighted by Gasteiger charge is 2.20. The Balaban J connectivity index is 1.71. The summed E-state index contributed by atoms with van der Waals surface area (Å²) in [5, 5.41) is 4.44. The number of benzene rings is 2. The molecular weight excluding hydrogens is 566 g/mol. The molecule has 4 aromatic rings. The van der Waals surface area contributed by atoms with Gasteiger partial charge in [0.1, 0.15) is 4.83 Å². The number of nitrogens with zero attached hydrogens (tertiary/aromatic N) is 2. The van der Waals surface area contributed by atoms with E-state index in [4.69, 9.17) is 16.6 Å². The van der Waals surface area contributed by atoms with Crippen LogP contribution in [0, 0.1) is 6.92 Å². The number of carbonyl (C=O) groups is 1. The third-order valence-corrected chi connectivity index (χ3v) is 8.64. The fourth-order valence-corrected chi connectivity index (χ4v) is 6.64. The van der Waals surface area contributed by atoms with Crippen LogP contribution < -0.4 is 10.9 Å². The van der Waals surface area contributed by atoms with Crippen LogP contribution in [-0.2, 0) is 17.6 Å². The van der Waals surface area contributed by atoms with Gasteiger partial charge in [-0.15, -0.1) is 11.3 Å². The van der Waals surface area contributed by atoms with Crippen LogP contribution in [0.1, 0.15) is 36.3 Å². The predicted octanol–water partition coefficient (Wildman–Crippen LogP) is 7.42. The SMILES string of the molecule is CCCc1sc2nc(SCC(=O)Nc3ccc(Br)cc3Cl)n(-c3ccc(CC)cc3)c(=O)c2c1C. The molecule has 4 rings (SSSR count). The Bertz CT molecular complexity index is 1450. The predicted molar refractivity (Wildman–Crippen MR) is 152 cm³/mol. The number of amides is 1. The van der Waals surface area contributed by atoms with Crippen LogP contribution in [0.4, 0.5) is 5.69 Å². The lowest BCUT2D eigenvalue weighted by molar-refractivity contribution is -0.113. The molecule has 35 heavy (non-hydrogen) atoms. The van der Waals surface area contributed by atoms with Crippen molar-refractivity contribution in [2.45, 2.75) is 45.2 Å². The van der Waals surface area contributed by atoms with Crippen molar-refractivity contribution in [2.24, 2.45) is 0 Å². The Labute approximate surface area is 226 Å². The minimum Gasteiger partial charge on any atom is -0.324 e. The minimum atomic E-state index is -0.226. The molecule has 0 bridgehead atoms. The lowest BCUT2D eigenvalue weighted by Crippen LogP contribution is -2.23. The van der Waals surface area contributed by atoms with Gasteiger partial charge in [-0.1, -0.05) is 71.7 Å². The molecule has 182 valence electrons. The van der Waals surface area contributed by atoms with E-state index in [9.17, 15) is 9.59 Å². The van der Waals surface area contributed by atoms with Crippen LogP contribution in [0.5, 0.6) is 0 Å². The molecule has 2 heterocycles. The van der Waals surface area contributed by atoms with E-state index in [1.54, 1.807) is 28.0 Å². The number of hydrogen-bond donors (Lipinski definition) is 1. The molecule has 0 aliphatic heterocycles. The fourth-order valence-electron chi connectivity index (χ4n) is 3.79. The number of fused-ring (bicyclic) bond motifs is 1. The zero-order valence-corrected chi connectivity index (χ0v) is 23.6. The van der Waals surface area contributed by atoms with Gasteiger partial charge in [0.05, 0.1) is 27.5 Å². The van der Waals surface area contributed by atoms with Gasteiger partial charge in [0, 0.05) is 9.35 Å². The van der Waals surface area contributed by atoms with Crippen molar-refractivity contribution in [2.75, 3.05) is 11.1 Å². The molecule has 0 spiro atoms. The van der Waals surface area contributed by atoms with Crippen molar-refractivity contribution in [1.29, 1.82) is 0 Å². The zero-order valence-electron chi connectivity index (χ0n) is 19.7. The van der Waals surface area contributed by atoms with Crippen molar-refractivity contribution in [3.63, 3.8) is 0 Å². The second-order valence-corrected chi connectivity index (χ2v) is 11.4. The number of rotatable bonds is 8. The number of aryl methyl sites for hydroxylation is 3. The van der Waals surface area contributed by atoms with Crippen molar-refractivity contribution in [3.05, 3.63) is 78.3 Å². The van der Waals surface area contributed by atoms with Crippen LogP contribution in [0.2, 0.25) is 5.02 Å². The van der Waals surface area contributed by atoms with Gasteiger partial charge in [0.15, 0.2) is 5.16 Å². The minimum absolute atomic E-state index is 0.0869. The van der Waals surface area contributed by atoms with Crippen molar-refractivity contribution < 1.29 is 4.79 Å². The molecule has 0 aliphatic carbocycles. The summed E-state index contributed by atoms with van der Waals surface area (Å²) >= 11 is 12.4. The van der Waals surface area contributed by atoms with Crippen LogP contribution in [0.25, 0.3) is 15.9 Å². The molecule has 9 heteroatoms. The normalized spacial score (nSPS) is 11.2. The Morgan fingerprint density at radius 3 is 2.60 bits per heavy atom. The summed E-state index contributed by atoms with van der Waals surface area (Å²) < 4.78 is 2.46. The molecule has 0 fully saturated rings.